The molecule has 0 fully saturated rings. The molecule has 0 aliphatic heterocycles. The number of pyridine rings is 1. The fourth-order valence-electron chi connectivity index (χ4n) is 1.60. The highest BCUT2D eigenvalue weighted by Gasteiger charge is 2.17. The summed E-state index contributed by atoms with van der Waals surface area (Å²) < 4.78 is 27.6. The molecule has 1 aromatic heterocycles. The zero-order valence-electron chi connectivity index (χ0n) is 10.1. The van der Waals surface area contributed by atoms with Gasteiger partial charge in [-0.25, -0.2) is 13.4 Å². The minimum Gasteiger partial charge on any atom is -0.399 e. The van der Waals surface area contributed by atoms with Crippen molar-refractivity contribution in [3.05, 3.63) is 46.6 Å². The van der Waals surface area contributed by atoms with Crippen LogP contribution in [0.25, 0.3) is 0 Å². The molecule has 2 aromatic rings. The van der Waals surface area contributed by atoms with Crippen LogP contribution in [0.3, 0.4) is 0 Å². The lowest BCUT2D eigenvalue weighted by molar-refractivity contribution is 0.600. The molecule has 7 heteroatoms. The third kappa shape index (κ3) is 3.24. The number of sulfonamides is 1. The zero-order chi connectivity index (χ0) is 14.0. The van der Waals surface area contributed by atoms with Crippen molar-refractivity contribution in [2.24, 2.45) is 0 Å². The van der Waals surface area contributed by atoms with Gasteiger partial charge >= 0.3 is 0 Å². The Kier molecular flexibility index (Phi) is 3.77. The number of aromatic nitrogens is 1. The molecule has 0 radical (unpaired) electrons. The number of nitrogen functional groups attached to an aromatic ring is 1. The summed E-state index contributed by atoms with van der Waals surface area (Å²) in [7, 11) is -3.66. The predicted molar refractivity (Wildman–Crippen MR) is 78.3 cm³/mol. The summed E-state index contributed by atoms with van der Waals surface area (Å²) in [6, 6.07) is 7.93. The van der Waals surface area contributed by atoms with Crippen molar-refractivity contribution >= 4 is 37.5 Å². The fourth-order valence-corrected chi connectivity index (χ4v) is 3.07. The summed E-state index contributed by atoms with van der Waals surface area (Å²) in [6.07, 6.45) is 1.52. The Morgan fingerprint density at radius 2 is 2.00 bits per heavy atom. The quantitative estimate of drug-likeness (QED) is 0.840. The number of benzene rings is 1. The number of hydrogen-bond donors (Lipinski definition) is 2. The van der Waals surface area contributed by atoms with Crippen LogP contribution in [0.4, 0.5) is 11.5 Å². The Bertz CT molecular complexity index is 699. The molecule has 100 valence electrons. The smallest absolute Gasteiger partial charge is 0.263 e. The van der Waals surface area contributed by atoms with E-state index in [-0.39, 0.29) is 10.7 Å². The van der Waals surface area contributed by atoms with Gasteiger partial charge in [0.25, 0.3) is 10.0 Å². The largest absolute Gasteiger partial charge is 0.399 e. The average Bonchev–Trinajstić information content (AvgIpc) is 2.31. The van der Waals surface area contributed by atoms with Crippen molar-refractivity contribution in [3.63, 3.8) is 0 Å². The van der Waals surface area contributed by atoms with Crippen molar-refractivity contribution in [2.45, 2.75) is 11.8 Å². The topological polar surface area (TPSA) is 85.1 Å². The molecular weight excluding hydrogens is 330 g/mol. The Morgan fingerprint density at radius 3 is 2.58 bits per heavy atom. The number of nitrogens with two attached hydrogens (primary N) is 1. The van der Waals surface area contributed by atoms with E-state index >= 15 is 0 Å². The molecule has 19 heavy (non-hydrogen) atoms. The molecule has 3 N–H and O–H groups in total. The van der Waals surface area contributed by atoms with Crippen LogP contribution in [0.5, 0.6) is 0 Å². The van der Waals surface area contributed by atoms with Crippen molar-refractivity contribution in [2.75, 3.05) is 10.5 Å². The lowest BCUT2D eigenvalue weighted by Gasteiger charge is -2.10. The molecule has 0 aliphatic rings. The van der Waals surface area contributed by atoms with E-state index in [0.717, 1.165) is 4.47 Å². The lowest BCUT2D eigenvalue weighted by Crippen LogP contribution is -2.15. The minimum atomic E-state index is -3.66. The van der Waals surface area contributed by atoms with E-state index in [1.807, 2.05) is 0 Å². The molecular formula is C12H12BrN3O2S. The van der Waals surface area contributed by atoms with Gasteiger partial charge in [0, 0.05) is 16.4 Å². The first-order valence-corrected chi connectivity index (χ1v) is 7.66. The van der Waals surface area contributed by atoms with E-state index in [1.165, 1.54) is 12.3 Å². The van der Waals surface area contributed by atoms with E-state index in [1.54, 1.807) is 31.2 Å². The van der Waals surface area contributed by atoms with Gasteiger partial charge in [0.05, 0.1) is 4.90 Å². The third-order valence-electron chi connectivity index (χ3n) is 2.45. The van der Waals surface area contributed by atoms with Gasteiger partial charge in [-0.05, 0) is 58.7 Å². The molecule has 0 saturated heterocycles. The third-order valence-corrected chi connectivity index (χ3v) is 4.44. The van der Waals surface area contributed by atoms with Gasteiger partial charge in [0.1, 0.15) is 5.82 Å². The Labute approximate surface area is 120 Å². The highest BCUT2D eigenvalue weighted by molar-refractivity contribution is 9.10. The van der Waals surface area contributed by atoms with Crippen LogP contribution in [-0.2, 0) is 10.0 Å². The van der Waals surface area contributed by atoms with Gasteiger partial charge in [-0.15, -0.1) is 0 Å². The summed E-state index contributed by atoms with van der Waals surface area (Å²) >= 11 is 3.24. The maximum Gasteiger partial charge on any atom is 0.263 e. The number of nitrogens with one attached hydrogen (secondary N) is 1. The maximum atomic E-state index is 12.2. The van der Waals surface area contributed by atoms with Crippen LogP contribution in [0.1, 0.15) is 5.56 Å². The second-order valence-corrected chi connectivity index (χ2v) is 6.56. The second kappa shape index (κ2) is 5.18. The molecule has 0 saturated carbocycles. The Balaban J connectivity index is 2.35. The fraction of sp³-hybridized carbons (Fsp3) is 0.0833. The van der Waals surface area contributed by atoms with Gasteiger partial charge in [-0.1, -0.05) is 0 Å². The SMILES string of the molecule is Cc1cc(N)ccc1S(=O)(=O)Nc1ccc(Br)cn1. The molecule has 0 atom stereocenters. The average molecular weight is 342 g/mol. The molecule has 1 heterocycles. The summed E-state index contributed by atoms with van der Waals surface area (Å²) in [6.45, 7) is 1.69. The summed E-state index contributed by atoms with van der Waals surface area (Å²) in [4.78, 5) is 4.16. The molecule has 5 nitrogen and oxygen atoms in total. The number of hydrogen-bond acceptors (Lipinski definition) is 4. The van der Waals surface area contributed by atoms with Gasteiger partial charge < -0.3 is 5.73 Å². The molecule has 0 amide bonds. The van der Waals surface area contributed by atoms with Crippen LogP contribution in [0, 0.1) is 6.92 Å². The zero-order valence-corrected chi connectivity index (χ0v) is 12.5. The van der Waals surface area contributed by atoms with Crippen molar-refractivity contribution < 1.29 is 8.42 Å². The molecule has 2 rings (SSSR count). The van der Waals surface area contributed by atoms with Gasteiger partial charge in [0.2, 0.25) is 0 Å². The number of nitrogens with zero attached hydrogens (tertiary/aromatic N) is 1. The molecule has 0 aliphatic carbocycles. The summed E-state index contributed by atoms with van der Waals surface area (Å²) in [5.74, 6) is 0.263. The van der Waals surface area contributed by atoms with E-state index in [9.17, 15) is 8.42 Å². The minimum absolute atomic E-state index is 0.186. The monoisotopic (exact) mass is 341 g/mol. The summed E-state index contributed by atoms with van der Waals surface area (Å²) in [5.41, 5.74) is 6.72. The van der Waals surface area contributed by atoms with Gasteiger partial charge in [-0.3, -0.25) is 4.72 Å². The Morgan fingerprint density at radius 1 is 1.26 bits per heavy atom. The van der Waals surface area contributed by atoms with Crippen LogP contribution in [0.15, 0.2) is 45.9 Å². The number of aryl methyl sites for hydroxylation is 1. The second-order valence-electron chi connectivity index (χ2n) is 3.99. The lowest BCUT2D eigenvalue weighted by atomic mass is 10.2. The number of rotatable bonds is 3. The van der Waals surface area contributed by atoms with Crippen molar-refractivity contribution in [3.8, 4) is 0 Å². The van der Waals surface area contributed by atoms with Gasteiger partial charge in [-0.2, -0.15) is 0 Å². The van der Waals surface area contributed by atoms with E-state index in [2.05, 4.69) is 25.6 Å². The number of anilines is 2. The molecule has 0 bridgehead atoms. The van der Waals surface area contributed by atoms with Crippen LogP contribution < -0.4 is 10.5 Å². The molecule has 1 aromatic carbocycles. The van der Waals surface area contributed by atoms with E-state index in [0.29, 0.717) is 11.3 Å². The summed E-state index contributed by atoms with van der Waals surface area (Å²) in [5, 5.41) is 0. The van der Waals surface area contributed by atoms with E-state index < -0.39 is 10.0 Å². The predicted octanol–water partition coefficient (Wildman–Crippen LogP) is 2.54. The van der Waals surface area contributed by atoms with Crippen LogP contribution >= 0.6 is 15.9 Å². The van der Waals surface area contributed by atoms with Crippen molar-refractivity contribution in [1.29, 1.82) is 0 Å². The highest BCUT2D eigenvalue weighted by Crippen LogP contribution is 2.21. The first-order valence-electron chi connectivity index (χ1n) is 5.39. The van der Waals surface area contributed by atoms with E-state index in [4.69, 9.17) is 5.73 Å². The van der Waals surface area contributed by atoms with Crippen molar-refractivity contribution in [1.82, 2.24) is 4.98 Å². The normalized spacial score (nSPS) is 11.3. The van der Waals surface area contributed by atoms with Gasteiger partial charge in [0.15, 0.2) is 0 Å². The van der Waals surface area contributed by atoms with Crippen LogP contribution in [0.2, 0.25) is 0 Å². The maximum absolute atomic E-state index is 12.2. The molecule has 0 unspecified atom stereocenters. The first-order chi connectivity index (χ1) is 8.88. The first kappa shape index (κ1) is 13.8. The number of halogens is 1. The standard InChI is InChI=1S/C12H12BrN3O2S/c1-8-6-10(14)3-4-11(8)19(17,18)16-12-5-2-9(13)7-15-12/h2-7H,14H2,1H3,(H,15,16). The molecule has 0 spiro atoms. The Hall–Kier alpha value is -1.60. The van der Waals surface area contributed by atoms with Crippen LogP contribution in [-0.4, -0.2) is 13.4 Å². The highest BCUT2D eigenvalue weighted by atomic mass is 79.9.